The SMILES string of the molecule is C=Cc1nc(CNC)n(CC2CCCN(C(C)C)C2)c1C=C.c1cnc2c(c1)CCCC2. The number of imidazole rings is 1. The van der Waals surface area contributed by atoms with Gasteiger partial charge in [-0.2, -0.15) is 0 Å². The molecule has 2 aromatic heterocycles. The molecule has 5 heteroatoms. The third-order valence-corrected chi connectivity index (χ3v) is 6.65. The van der Waals surface area contributed by atoms with Crippen molar-refractivity contribution in [3.63, 3.8) is 0 Å². The Morgan fingerprint density at radius 3 is 2.69 bits per heavy atom. The molecule has 1 fully saturated rings. The second kappa shape index (κ2) is 12.1. The van der Waals surface area contributed by atoms with Gasteiger partial charge in [0.2, 0.25) is 0 Å². The van der Waals surface area contributed by atoms with Crippen molar-refractivity contribution < 1.29 is 0 Å². The van der Waals surface area contributed by atoms with Crippen LogP contribution in [0, 0.1) is 5.92 Å². The maximum Gasteiger partial charge on any atom is 0.123 e. The molecule has 0 saturated carbocycles. The number of piperidine rings is 1. The minimum Gasteiger partial charge on any atom is -0.327 e. The van der Waals surface area contributed by atoms with Crippen LogP contribution in [-0.2, 0) is 25.9 Å². The van der Waals surface area contributed by atoms with Crippen molar-refractivity contribution in [1.82, 2.24) is 24.8 Å². The number of hydrogen-bond donors (Lipinski definition) is 1. The van der Waals surface area contributed by atoms with Crippen LogP contribution in [-0.4, -0.2) is 45.6 Å². The Morgan fingerprint density at radius 2 is 2.00 bits per heavy atom. The van der Waals surface area contributed by atoms with Gasteiger partial charge in [0.05, 0.1) is 17.9 Å². The van der Waals surface area contributed by atoms with E-state index in [9.17, 15) is 0 Å². The van der Waals surface area contributed by atoms with Crippen LogP contribution in [0.25, 0.3) is 12.2 Å². The molecule has 32 heavy (non-hydrogen) atoms. The fourth-order valence-corrected chi connectivity index (χ4v) is 4.90. The number of aryl methyl sites for hydroxylation is 2. The van der Waals surface area contributed by atoms with Crippen LogP contribution in [0.15, 0.2) is 31.5 Å². The van der Waals surface area contributed by atoms with Crippen molar-refractivity contribution in [1.29, 1.82) is 0 Å². The molecule has 1 N–H and O–H groups in total. The van der Waals surface area contributed by atoms with E-state index in [1.807, 2.05) is 31.5 Å². The van der Waals surface area contributed by atoms with Crippen LogP contribution in [0.4, 0.5) is 0 Å². The highest BCUT2D eigenvalue weighted by molar-refractivity contribution is 5.58. The van der Waals surface area contributed by atoms with Crippen LogP contribution >= 0.6 is 0 Å². The minimum absolute atomic E-state index is 0.630. The van der Waals surface area contributed by atoms with Crippen molar-refractivity contribution in [2.45, 2.75) is 71.5 Å². The van der Waals surface area contributed by atoms with Crippen LogP contribution in [0.1, 0.15) is 68.0 Å². The van der Waals surface area contributed by atoms with Crippen LogP contribution in [0.5, 0.6) is 0 Å². The summed E-state index contributed by atoms with van der Waals surface area (Å²) in [6.45, 7) is 16.6. The fraction of sp³-hybridized carbons (Fsp3) is 0.556. The molecular weight excluding hydrogens is 394 g/mol. The first-order valence-corrected chi connectivity index (χ1v) is 12.2. The van der Waals surface area contributed by atoms with E-state index in [-0.39, 0.29) is 0 Å². The molecule has 1 unspecified atom stereocenters. The molecule has 5 nitrogen and oxygen atoms in total. The predicted molar refractivity (Wildman–Crippen MR) is 135 cm³/mol. The molecular formula is C27H41N5. The summed E-state index contributed by atoms with van der Waals surface area (Å²) >= 11 is 0. The predicted octanol–water partition coefficient (Wildman–Crippen LogP) is 4.97. The number of fused-ring (bicyclic) bond motifs is 1. The first-order valence-electron chi connectivity index (χ1n) is 12.2. The van der Waals surface area contributed by atoms with E-state index in [2.05, 4.69) is 52.8 Å². The standard InChI is InChI=1S/C18H30N4.C9H11N/c1-6-16-17(7-2)22(18(20-16)11-19-5)13-15-9-8-10-21(12-15)14(3)4;1-2-6-9-8(4-1)5-3-7-10-9/h6-7,14-15,19H,1-2,8-13H2,3-5H3;3,5,7H,1-2,4,6H2. The molecule has 0 amide bonds. The van der Waals surface area contributed by atoms with E-state index < -0.39 is 0 Å². The molecule has 0 radical (unpaired) electrons. The highest BCUT2D eigenvalue weighted by atomic mass is 15.2. The van der Waals surface area contributed by atoms with Gasteiger partial charge in [-0.15, -0.1) is 0 Å². The van der Waals surface area contributed by atoms with Gasteiger partial charge in [-0.05, 0) is 95.7 Å². The van der Waals surface area contributed by atoms with E-state index in [0.717, 1.165) is 30.3 Å². The summed E-state index contributed by atoms with van der Waals surface area (Å²) in [7, 11) is 1.96. The van der Waals surface area contributed by atoms with Gasteiger partial charge in [0.1, 0.15) is 5.82 Å². The Kier molecular flexibility index (Phi) is 9.24. The Hall–Kier alpha value is -2.24. The van der Waals surface area contributed by atoms with Crippen molar-refractivity contribution in [3.05, 3.63) is 60.0 Å². The number of rotatable bonds is 7. The molecule has 1 aliphatic carbocycles. The number of pyridine rings is 1. The maximum absolute atomic E-state index is 4.71. The second-order valence-electron chi connectivity index (χ2n) is 9.26. The van der Waals surface area contributed by atoms with Crippen LogP contribution in [0.3, 0.4) is 0 Å². The van der Waals surface area contributed by atoms with E-state index in [1.54, 1.807) is 0 Å². The number of nitrogens with zero attached hydrogens (tertiary/aromatic N) is 4. The van der Waals surface area contributed by atoms with Crippen LogP contribution in [0.2, 0.25) is 0 Å². The lowest BCUT2D eigenvalue weighted by Gasteiger charge is -2.36. The highest BCUT2D eigenvalue weighted by Crippen LogP contribution is 2.24. The monoisotopic (exact) mass is 435 g/mol. The molecule has 1 saturated heterocycles. The van der Waals surface area contributed by atoms with Gasteiger partial charge in [0.15, 0.2) is 0 Å². The molecule has 3 heterocycles. The van der Waals surface area contributed by atoms with Gasteiger partial charge < -0.3 is 14.8 Å². The number of nitrogens with one attached hydrogen (secondary N) is 1. The quantitative estimate of drug-likeness (QED) is 0.667. The second-order valence-corrected chi connectivity index (χ2v) is 9.26. The summed E-state index contributed by atoms with van der Waals surface area (Å²) in [5.41, 5.74) is 4.83. The lowest BCUT2D eigenvalue weighted by Crippen LogP contribution is -2.41. The lowest BCUT2D eigenvalue weighted by atomic mass is 9.96. The van der Waals surface area contributed by atoms with E-state index in [4.69, 9.17) is 4.98 Å². The first-order chi connectivity index (χ1) is 15.6. The lowest BCUT2D eigenvalue weighted by molar-refractivity contribution is 0.130. The molecule has 174 valence electrons. The van der Waals surface area contributed by atoms with E-state index in [1.165, 1.54) is 62.9 Å². The topological polar surface area (TPSA) is 46.0 Å². The maximum atomic E-state index is 4.71. The normalized spacial score (nSPS) is 18.6. The number of hydrogen-bond acceptors (Lipinski definition) is 4. The zero-order valence-corrected chi connectivity index (χ0v) is 20.3. The molecule has 0 aromatic carbocycles. The van der Waals surface area contributed by atoms with Crippen molar-refractivity contribution in [2.75, 3.05) is 20.1 Å². The summed E-state index contributed by atoms with van der Waals surface area (Å²) in [5, 5.41) is 3.22. The first kappa shape index (κ1) is 24.4. The molecule has 2 aliphatic rings. The fourth-order valence-electron chi connectivity index (χ4n) is 4.90. The Labute approximate surface area is 194 Å². The zero-order valence-electron chi connectivity index (χ0n) is 20.3. The van der Waals surface area contributed by atoms with Gasteiger partial charge in [0, 0.05) is 31.0 Å². The third-order valence-electron chi connectivity index (χ3n) is 6.65. The van der Waals surface area contributed by atoms with Crippen molar-refractivity contribution in [2.24, 2.45) is 5.92 Å². The van der Waals surface area contributed by atoms with Gasteiger partial charge in [-0.3, -0.25) is 4.98 Å². The Morgan fingerprint density at radius 1 is 1.19 bits per heavy atom. The van der Waals surface area contributed by atoms with Crippen molar-refractivity contribution in [3.8, 4) is 0 Å². The third kappa shape index (κ3) is 6.17. The molecule has 1 atom stereocenters. The smallest absolute Gasteiger partial charge is 0.123 e. The van der Waals surface area contributed by atoms with Gasteiger partial charge in [0.25, 0.3) is 0 Å². The summed E-state index contributed by atoms with van der Waals surface area (Å²) in [6.07, 6.45) is 13.3. The molecule has 4 rings (SSSR count). The largest absolute Gasteiger partial charge is 0.327 e. The summed E-state index contributed by atoms with van der Waals surface area (Å²) in [6, 6.07) is 4.86. The van der Waals surface area contributed by atoms with E-state index in [0.29, 0.717) is 12.0 Å². The average molecular weight is 436 g/mol. The molecule has 0 bridgehead atoms. The van der Waals surface area contributed by atoms with Gasteiger partial charge >= 0.3 is 0 Å². The number of likely N-dealkylation sites (tertiary alicyclic amines) is 1. The summed E-state index contributed by atoms with van der Waals surface area (Å²) < 4.78 is 2.33. The summed E-state index contributed by atoms with van der Waals surface area (Å²) in [4.78, 5) is 11.6. The zero-order chi connectivity index (χ0) is 22.9. The van der Waals surface area contributed by atoms with Crippen molar-refractivity contribution >= 4 is 12.2 Å². The number of aromatic nitrogens is 3. The van der Waals surface area contributed by atoms with Gasteiger partial charge in [-0.1, -0.05) is 19.2 Å². The summed E-state index contributed by atoms with van der Waals surface area (Å²) in [5.74, 6) is 1.76. The van der Waals surface area contributed by atoms with E-state index >= 15 is 0 Å². The van der Waals surface area contributed by atoms with Crippen LogP contribution < -0.4 is 5.32 Å². The Balaban J connectivity index is 0.000000238. The molecule has 1 aliphatic heterocycles. The molecule has 2 aromatic rings. The average Bonchev–Trinajstić information content (AvgIpc) is 3.16. The van der Waals surface area contributed by atoms with Gasteiger partial charge in [-0.25, -0.2) is 4.98 Å². The minimum atomic E-state index is 0.630. The molecule has 0 spiro atoms. The highest BCUT2D eigenvalue weighted by Gasteiger charge is 2.24. The Bertz CT molecular complexity index is 857.